The van der Waals surface area contributed by atoms with Crippen molar-refractivity contribution < 1.29 is 0 Å². The minimum absolute atomic E-state index is 0.471. The summed E-state index contributed by atoms with van der Waals surface area (Å²) in [7, 11) is 1.81. The molecule has 8 heteroatoms. The number of rotatable bonds is 4. The van der Waals surface area contributed by atoms with Crippen LogP contribution in [0.2, 0.25) is 0 Å². The van der Waals surface area contributed by atoms with Gasteiger partial charge in [-0.3, -0.25) is 0 Å². The van der Waals surface area contributed by atoms with Gasteiger partial charge >= 0.3 is 0 Å². The van der Waals surface area contributed by atoms with Crippen molar-refractivity contribution in [2.24, 2.45) is 0 Å². The second-order valence-electron chi connectivity index (χ2n) is 3.76. The molecule has 2 aromatic heterocycles. The molecule has 0 bridgehead atoms. The van der Waals surface area contributed by atoms with Gasteiger partial charge in [0.05, 0.1) is 0 Å². The number of aromatic nitrogens is 6. The van der Waals surface area contributed by atoms with Gasteiger partial charge in [0.25, 0.3) is 0 Å². The van der Waals surface area contributed by atoms with E-state index in [2.05, 4.69) is 30.9 Å². The molecular formula is C11H11N7S. The molecule has 0 atom stereocenters. The van der Waals surface area contributed by atoms with Gasteiger partial charge in [-0.25, -0.2) is 0 Å². The molecule has 3 aromatic rings. The highest BCUT2D eigenvalue weighted by Gasteiger charge is 2.08. The van der Waals surface area contributed by atoms with E-state index in [4.69, 9.17) is 0 Å². The first-order valence-corrected chi connectivity index (χ1v) is 6.50. The summed E-state index contributed by atoms with van der Waals surface area (Å²) in [4.78, 5) is 1.52. The van der Waals surface area contributed by atoms with E-state index in [1.807, 2.05) is 37.4 Å². The Morgan fingerprint density at radius 3 is 2.74 bits per heavy atom. The third kappa shape index (κ3) is 2.58. The molecule has 0 unspecified atom stereocenters. The van der Waals surface area contributed by atoms with Gasteiger partial charge in [-0.05, 0) is 5.21 Å². The summed E-state index contributed by atoms with van der Waals surface area (Å²) in [6.07, 6.45) is 0. The van der Waals surface area contributed by atoms with Gasteiger partial charge < -0.3 is 5.32 Å². The number of hydrogen-bond donors (Lipinski definition) is 1. The second kappa shape index (κ2) is 5.11. The van der Waals surface area contributed by atoms with Crippen LogP contribution in [-0.4, -0.2) is 37.5 Å². The van der Waals surface area contributed by atoms with Gasteiger partial charge in [-0.15, -0.1) is 20.4 Å². The van der Waals surface area contributed by atoms with E-state index in [9.17, 15) is 0 Å². The molecule has 3 rings (SSSR count). The van der Waals surface area contributed by atoms with Crippen LogP contribution < -0.4 is 5.32 Å². The molecule has 19 heavy (non-hydrogen) atoms. The van der Waals surface area contributed by atoms with Crippen LogP contribution in [0.1, 0.15) is 5.01 Å². The Labute approximate surface area is 113 Å². The summed E-state index contributed by atoms with van der Waals surface area (Å²) < 4.78 is 0. The fourth-order valence-corrected chi connectivity index (χ4v) is 2.22. The molecule has 2 heterocycles. The predicted molar refractivity (Wildman–Crippen MR) is 71.8 cm³/mol. The highest BCUT2D eigenvalue weighted by atomic mass is 32.1. The van der Waals surface area contributed by atoms with Crippen LogP contribution in [-0.2, 0) is 6.54 Å². The summed E-state index contributed by atoms with van der Waals surface area (Å²) >= 11 is 1.47. The number of tetrazole rings is 1. The van der Waals surface area contributed by atoms with Crippen molar-refractivity contribution in [3.8, 4) is 11.4 Å². The van der Waals surface area contributed by atoms with E-state index in [0.717, 1.165) is 15.7 Å². The van der Waals surface area contributed by atoms with Gasteiger partial charge in [0, 0.05) is 12.6 Å². The van der Waals surface area contributed by atoms with Crippen LogP contribution in [0, 0.1) is 0 Å². The standard InChI is InChI=1S/C11H11N7S/c1-12-11-15-13-9(19-11)7-18-16-10(14-17-18)8-5-3-2-4-6-8/h2-6H,7H2,1H3,(H,12,15). The molecule has 1 aromatic carbocycles. The number of benzene rings is 1. The first kappa shape index (κ1) is 11.7. The predicted octanol–water partition coefficient (Wildman–Crippen LogP) is 1.28. The Morgan fingerprint density at radius 1 is 1.16 bits per heavy atom. The van der Waals surface area contributed by atoms with Crippen molar-refractivity contribution >= 4 is 16.5 Å². The Hall–Kier alpha value is -2.35. The van der Waals surface area contributed by atoms with Gasteiger partial charge in [-0.2, -0.15) is 4.80 Å². The Balaban J connectivity index is 1.78. The zero-order chi connectivity index (χ0) is 13.1. The monoisotopic (exact) mass is 273 g/mol. The lowest BCUT2D eigenvalue weighted by atomic mass is 10.2. The van der Waals surface area contributed by atoms with E-state index >= 15 is 0 Å². The minimum Gasteiger partial charge on any atom is -0.363 e. The van der Waals surface area contributed by atoms with Crippen molar-refractivity contribution in [1.82, 2.24) is 30.4 Å². The van der Waals surface area contributed by atoms with Gasteiger partial charge in [0.1, 0.15) is 11.6 Å². The van der Waals surface area contributed by atoms with Crippen LogP contribution in [0.15, 0.2) is 30.3 Å². The summed E-state index contributed by atoms with van der Waals surface area (Å²) in [6.45, 7) is 0.471. The van der Waals surface area contributed by atoms with E-state index in [1.165, 1.54) is 16.1 Å². The highest BCUT2D eigenvalue weighted by molar-refractivity contribution is 7.15. The normalized spacial score (nSPS) is 10.6. The van der Waals surface area contributed by atoms with Gasteiger partial charge in [0.15, 0.2) is 0 Å². The zero-order valence-corrected chi connectivity index (χ0v) is 11.0. The average Bonchev–Trinajstić information content (AvgIpc) is 3.09. The maximum absolute atomic E-state index is 4.32. The SMILES string of the molecule is CNc1nnc(Cn2nnc(-c3ccccc3)n2)s1. The lowest BCUT2D eigenvalue weighted by Crippen LogP contribution is -2.03. The molecule has 0 saturated carbocycles. The fourth-order valence-electron chi connectivity index (χ4n) is 1.55. The third-order valence-corrected chi connectivity index (χ3v) is 3.37. The number of anilines is 1. The molecule has 1 N–H and O–H groups in total. The minimum atomic E-state index is 0.471. The van der Waals surface area contributed by atoms with Crippen molar-refractivity contribution in [2.75, 3.05) is 12.4 Å². The first-order valence-electron chi connectivity index (χ1n) is 5.68. The number of nitrogens with one attached hydrogen (secondary N) is 1. The lowest BCUT2D eigenvalue weighted by molar-refractivity contribution is 0.568. The Bertz CT molecular complexity index is 661. The topological polar surface area (TPSA) is 81.4 Å². The molecule has 0 aliphatic heterocycles. The van der Waals surface area contributed by atoms with Gasteiger partial charge in [0.2, 0.25) is 11.0 Å². The molecule has 0 aliphatic carbocycles. The molecule has 7 nitrogen and oxygen atoms in total. The molecule has 96 valence electrons. The molecular weight excluding hydrogens is 262 g/mol. The highest BCUT2D eigenvalue weighted by Crippen LogP contribution is 2.16. The molecule has 0 spiro atoms. The average molecular weight is 273 g/mol. The summed E-state index contributed by atoms with van der Waals surface area (Å²) in [5.41, 5.74) is 0.946. The lowest BCUT2D eigenvalue weighted by Gasteiger charge is -1.93. The Morgan fingerprint density at radius 2 is 2.00 bits per heavy atom. The Kier molecular flexibility index (Phi) is 3.15. The summed E-state index contributed by atoms with van der Waals surface area (Å²) in [5, 5.41) is 24.9. The van der Waals surface area contributed by atoms with E-state index in [0.29, 0.717) is 12.4 Å². The molecule has 0 radical (unpaired) electrons. The smallest absolute Gasteiger partial charge is 0.205 e. The third-order valence-electron chi connectivity index (χ3n) is 2.44. The molecule has 0 aliphatic rings. The van der Waals surface area contributed by atoms with Crippen LogP contribution in [0.5, 0.6) is 0 Å². The van der Waals surface area contributed by atoms with Crippen molar-refractivity contribution in [1.29, 1.82) is 0 Å². The van der Waals surface area contributed by atoms with Crippen molar-refractivity contribution in [3.63, 3.8) is 0 Å². The fraction of sp³-hybridized carbons (Fsp3) is 0.182. The number of nitrogens with zero attached hydrogens (tertiary/aromatic N) is 6. The van der Waals surface area contributed by atoms with Crippen LogP contribution in [0.3, 0.4) is 0 Å². The quantitative estimate of drug-likeness (QED) is 0.771. The molecule has 0 saturated heterocycles. The van der Waals surface area contributed by atoms with Gasteiger partial charge in [-0.1, -0.05) is 41.7 Å². The molecule has 0 amide bonds. The summed E-state index contributed by atoms with van der Waals surface area (Å²) in [6, 6.07) is 9.74. The maximum Gasteiger partial charge on any atom is 0.205 e. The second-order valence-corrected chi connectivity index (χ2v) is 4.82. The number of hydrogen-bond acceptors (Lipinski definition) is 7. The first-order chi connectivity index (χ1) is 9.35. The largest absolute Gasteiger partial charge is 0.363 e. The van der Waals surface area contributed by atoms with E-state index < -0.39 is 0 Å². The van der Waals surface area contributed by atoms with Crippen molar-refractivity contribution in [3.05, 3.63) is 35.3 Å². The zero-order valence-electron chi connectivity index (χ0n) is 10.2. The van der Waals surface area contributed by atoms with Crippen LogP contribution in [0.4, 0.5) is 5.13 Å². The molecule has 0 fully saturated rings. The maximum atomic E-state index is 4.32. The summed E-state index contributed by atoms with van der Waals surface area (Å²) in [5.74, 6) is 0.610. The van der Waals surface area contributed by atoms with E-state index in [-0.39, 0.29) is 0 Å². The van der Waals surface area contributed by atoms with Crippen LogP contribution in [0.25, 0.3) is 11.4 Å². The van der Waals surface area contributed by atoms with Crippen molar-refractivity contribution in [2.45, 2.75) is 6.54 Å². The van der Waals surface area contributed by atoms with E-state index in [1.54, 1.807) is 0 Å². The van der Waals surface area contributed by atoms with Crippen LogP contribution >= 0.6 is 11.3 Å².